The van der Waals surface area contributed by atoms with E-state index in [4.69, 9.17) is 0 Å². The maximum Gasteiger partial charge on any atom is 0.0619 e. The molecule has 12 rings (SSSR count). The highest BCUT2D eigenvalue weighted by atomic mass is 15.1. The Morgan fingerprint density at radius 3 is 1.33 bits per heavy atom. The van der Waals surface area contributed by atoms with Crippen LogP contribution in [0.3, 0.4) is 0 Å². The van der Waals surface area contributed by atoms with Crippen LogP contribution < -0.4 is 4.90 Å². The van der Waals surface area contributed by atoms with E-state index in [1.165, 1.54) is 82.6 Å². The largest absolute Gasteiger partial charge is 0.310 e. The highest BCUT2D eigenvalue weighted by molar-refractivity contribution is 6.22. The van der Waals surface area contributed by atoms with Crippen molar-refractivity contribution in [2.75, 3.05) is 4.90 Å². The third kappa shape index (κ3) is 7.12. The molecule has 2 nitrogen and oxygen atoms in total. The van der Waals surface area contributed by atoms with E-state index in [0.29, 0.717) is 0 Å². The first-order valence-corrected chi connectivity index (χ1v) is 22.7. The molecule has 1 heterocycles. The van der Waals surface area contributed by atoms with Crippen molar-refractivity contribution >= 4 is 49.6 Å². The number of rotatable bonds is 9. The smallest absolute Gasteiger partial charge is 0.0619 e. The molecule has 0 radical (unpaired) electrons. The van der Waals surface area contributed by atoms with E-state index in [0.717, 1.165) is 28.3 Å². The number of nitrogens with zero attached hydrogens (tertiary/aromatic N) is 2. The molecule has 0 bridgehead atoms. The Labute approximate surface area is 385 Å². The Balaban J connectivity index is 0.988. The minimum Gasteiger partial charge on any atom is -0.310 e. The van der Waals surface area contributed by atoms with Gasteiger partial charge in [-0.3, -0.25) is 0 Å². The van der Waals surface area contributed by atoms with Crippen molar-refractivity contribution in [1.82, 2.24) is 4.57 Å². The molecule has 0 saturated heterocycles. The van der Waals surface area contributed by atoms with Gasteiger partial charge in [0.15, 0.2) is 0 Å². The zero-order valence-corrected chi connectivity index (χ0v) is 36.3. The lowest BCUT2D eigenvalue weighted by atomic mass is 9.97. The first-order valence-electron chi connectivity index (χ1n) is 22.7. The third-order valence-electron chi connectivity index (χ3n) is 13.0. The molecule has 0 aliphatic carbocycles. The third-order valence-corrected chi connectivity index (χ3v) is 13.0. The normalized spacial score (nSPS) is 11.3. The molecule has 310 valence electrons. The summed E-state index contributed by atoms with van der Waals surface area (Å²) in [6, 6.07) is 96.8. The zero-order valence-electron chi connectivity index (χ0n) is 36.3. The molecule has 0 fully saturated rings. The molecule has 0 atom stereocenters. The molecular weight excluding hydrogens is 797 g/mol. The summed E-state index contributed by atoms with van der Waals surface area (Å²) in [6.07, 6.45) is 0. The van der Waals surface area contributed by atoms with Crippen molar-refractivity contribution in [2.45, 2.75) is 0 Å². The second-order valence-electron chi connectivity index (χ2n) is 16.9. The fourth-order valence-electron chi connectivity index (χ4n) is 9.80. The van der Waals surface area contributed by atoms with Gasteiger partial charge in [0, 0.05) is 38.9 Å². The Hall–Kier alpha value is -8.72. The van der Waals surface area contributed by atoms with Gasteiger partial charge in [-0.1, -0.05) is 200 Å². The van der Waals surface area contributed by atoms with Gasteiger partial charge in [0.2, 0.25) is 0 Å². The van der Waals surface area contributed by atoms with Gasteiger partial charge >= 0.3 is 0 Å². The molecular formula is C64H44N2. The van der Waals surface area contributed by atoms with E-state index < -0.39 is 0 Å². The zero-order chi connectivity index (χ0) is 43.8. The summed E-state index contributed by atoms with van der Waals surface area (Å²) in [5.41, 5.74) is 18.7. The first-order chi connectivity index (χ1) is 32.7. The molecule has 0 aliphatic heterocycles. The monoisotopic (exact) mass is 840 g/mol. The van der Waals surface area contributed by atoms with Gasteiger partial charge in [0.05, 0.1) is 11.0 Å². The van der Waals surface area contributed by atoms with Gasteiger partial charge in [0.1, 0.15) is 0 Å². The summed E-state index contributed by atoms with van der Waals surface area (Å²) >= 11 is 0. The Morgan fingerprint density at radius 2 is 0.742 bits per heavy atom. The van der Waals surface area contributed by atoms with Crippen molar-refractivity contribution in [3.63, 3.8) is 0 Å². The van der Waals surface area contributed by atoms with Crippen molar-refractivity contribution in [2.24, 2.45) is 0 Å². The SMILES string of the molecule is c1ccc(-c2cccc(-c3ccc(N(c4ccc(-c5cccc(-c6ccccc6)c5)cc4)c4cccc(-c5cccc6c5c5ccc7ccccc7c5n6-c5ccccc5)c4)cc3)c2)cc1. The molecule has 0 amide bonds. The van der Waals surface area contributed by atoms with Crippen molar-refractivity contribution < 1.29 is 0 Å². The van der Waals surface area contributed by atoms with Gasteiger partial charge in [0.25, 0.3) is 0 Å². The summed E-state index contributed by atoms with van der Waals surface area (Å²) < 4.78 is 2.45. The predicted octanol–water partition coefficient (Wildman–Crippen LogP) is 17.7. The Kier molecular flexibility index (Phi) is 9.89. The molecule has 12 aromatic rings. The van der Waals surface area contributed by atoms with Crippen molar-refractivity contribution in [3.8, 4) is 61.3 Å². The second kappa shape index (κ2) is 16.8. The maximum absolute atomic E-state index is 2.45. The van der Waals surface area contributed by atoms with E-state index >= 15 is 0 Å². The van der Waals surface area contributed by atoms with Gasteiger partial charge in [-0.15, -0.1) is 0 Å². The molecule has 0 N–H and O–H groups in total. The van der Waals surface area contributed by atoms with Crippen LogP contribution in [-0.4, -0.2) is 4.57 Å². The van der Waals surface area contributed by atoms with E-state index in [9.17, 15) is 0 Å². The topological polar surface area (TPSA) is 8.17 Å². The van der Waals surface area contributed by atoms with Crippen LogP contribution in [0, 0.1) is 0 Å². The molecule has 1 aromatic heterocycles. The number of anilines is 3. The standard InChI is InChI=1S/C64H44N2/c1-4-16-45(17-5-1)50-21-12-23-52(42-50)47-32-37-56(38-33-47)65(57-39-34-48(35-40-57)53-24-13-22-51(43-53)46-18-6-2-7-19-46)58-28-14-25-54(44-58)59-30-15-31-62-63(59)61-41-36-49-20-10-11-29-60(49)64(61)66(62)55-26-8-3-9-27-55/h1-44H. The van der Waals surface area contributed by atoms with Crippen molar-refractivity contribution in [3.05, 3.63) is 267 Å². The van der Waals surface area contributed by atoms with E-state index in [1.54, 1.807) is 0 Å². The van der Waals surface area contributed by atoms with Gasteiger partial charge < -0.3 is 9.47 Å². The van der Waals surface area contributed by atoms with Gasteiger partial charge in [-0.2, -0.15) is 0 Å². The molecule has 66 heavy (non-hydrogen) atoms. The van der Waals surface area contributed by atoms with Crippen LogP contribution in [-0.2, 0) is 0 Å². The molecule has 2 heteroatoms. The number of benzene rings is 11. The van der Waals surface area contributed by atoms with Crippen molar-refractivity contribution in [1.29, 1.82) is 0 Å². The lowest BCUT2D eigenvalue weighted by Gasteiger charge is -2.26. The van der Waals surface area contributed by atoms with Gasteiger partial charge in [-0.05, 0) is 128 Å². The molecule has 11 aromatic carbocycles. The van der Waals surface area contributed by atoms with Crippen LogP contribution in [0.1, 0.15) is 0 Å². The number of aromatic nitrogens is 1. The van der Waals surface area contributed by atoms with Crippen LogP contribution in [0.2, 0.25) is 0 Å². The summed E-state index contributed by atoms with van der Waals surface area (Å²) in [5, 5.41) is 4.96. The fourth-order valence-corrected chi connectivity index (χ4v) is 9.80. The lowest BCUT2D eigenvalue weighted by Crippen LogP contribution is -2.10. The van der Waals surface area contributed by atoms with Crippen LogP contribution in [0.15, 0.2) is 267 Å². The summed E-state index contributed by atoms with van der Waals surface area (Å²) in [6.45, 7) is 0. The maximum atomic E-state index is 2.45. The highest BCUT2D eigenvalue weighted by Gasteiger charge is 2.20. The summed E-state index contributed by atoms with van der Waals surface area (Å²) in [5.74, 6) is 0. The Bertz CT molecular complexity index is 3540. The van der Waals surface area contributed by atoms with E-state index in [1.807, 2.05) is 0 Å². The fraction of sp³-hybridized carbons (Fsp3) is 0. The average Bonchev–Trinajstić information content (AvgIpc) is 3.75. The molecule has 0 spiro atoms. The molecule has 0 saturated carbocycles. The number of hydrogen-bond donors (Lipinski definition) is 0. The number of fused-ring (bicyclic) bond motifs is 5. The average molecular weight is 841 g/mol. The first kappa shape index (κ1) is 38.9. The van der Waals surface area contributed by atoms with E-state index in [-0.39, 0.29) is 0 Å². The van der Waals surface area contributed by atoms with Crippen LogP contribution in [0.4, 0.5) is 17.1 Å². The number of para-hydroxylation sites is 1. The molecule has 0 unspecified atom stereocenters. The van der Waals surface area contributed by atoms with E-state index in [2.05, 4.69) is 276 Å². The predicted molar refractivity (Wildman–Crippen MR) is 280 cm³/mol. The van der Waals surface area contributed by atoms with Gasteiger partial charge in [-0.25, -0.2) is 0 Å². The molecule has 0 aliphatic rings. The minimum absolute atomic E-state index is 1.08. The quantitative estimate of drug-likeness (QED) is 0.141. The minimum atomic E-state index is 1.08. The summed E-state index contributed by atoms with van der Waals surface area (Å²) in [4.78, 5) is 2.39. The van der Waals surface area contributed by atoms with Crippen LogP contribution in [0.25, 0.3) is 93.9 Å². The second-order valence-corrected chi connectivity index (χ2v) is 16.9. The van der Waals surface area contributed by atoms with Crippen LogP contribution >= 0.6 is 0 Å². The Morgan fingerprint density at radius 1 is 0.273 bits per heavy atom. The highest BCUT2D eigenvalue weighted by Crippen LogP contribution is 2.44. The van der Waals surface area contributed by atoms with Crippen LogP contribution in [0.5, 0.6) is 0 Å². The summed E-state index contributed by atoms with van der Waals surface area (Å²) in [7, 11) is 0. The lowest BCUT2D eigenvalue weighted by molar-refractivity contribution is 1.19. The number of hydrogen-bond acceptors (Lipinski definition) is 1.